The molecule has 1 unspecified atom stereocenters. The van der Waals surface area contributed by atoms with Crippen LogP contribution in [0.25, 0.3) is 10.6 Å². The topological polar surface area (TPSA) is 24.9 Å². The van der Waals surface area contributed by atoms with Crippen LogP contribution in [-0.2, 0) is 6.42 Å². The van der Waals surface area contributed by atoms with Crippen LogP contribution in [0.5, 0.6) is 0 Å². The number of benzene rings is 1. The summed E-state index contributed by atoms with van der Waals surface area (Å²) in [6.45, 7) is 1.16. The molecule has 1 aromatic carbocycles. The Morgan fingerprint density at radius 3 is 2.89 bits per heavy atom. The van der Waals surface area contributed by atoms with Crippen molar-refractivity contribution >= 4 is 23.1 Å². The van der Waals surface area contributed by atoms with E-state index in [-0.39, 0.29) is 0 Å². The van der Waals surface area contributed by atoms with Crippen molar-refractivity contribution in [2.75, 3.05) is 12.8 Å². The van der Waals surface area contributed by atoms with Gasteiger partial charge in [0, 0.05) is 28.3 Å². The van der Waals surface area contributed by atoms with E-state index in [1.807, 2.05) is 0 Å². The van der Waals surface area contributed by atoms with E-state index in [1.54, 1.807) is 23.1 Å². The smallest absolute Gasteiger partial charge is 0.123 e. The van der Waals surface area contributed by atoms with Crippen molar-refractivity contribution in [2.24, 2.45) is 0 Å². The van der Waals surface area contributed by atoms with Gasteiger partial charge in [0.2, 0.25) is 0 Å². The van der Waals surface area contributed by atoms with Gasteiger partial charge in [-0.25, -0.2) is 4.98 Å². The summed E-state index contributed by atoms with van der Waals surface area (Å²) in [5.74, 6) is 0. The van der Waals surface area contributed by atoms with Gasteiger partial charge in [0.1, 0.15) is 5.01 Å². The number of rotatable bonds is 4. The fourth-order valence-corrected chi connectivity index (χ4v) is 3.70. The molecule has 1 aromatic heterocycles. The Bertz CT molecular complexity index is 527. The number of nitrogens with one attached hydrogen (secondary N) is 1. The number of hydrogen-bond donors (Lipinski definition) is 1. The molecule has 100 valence electrons. The quantitative estimate of drug-likeness (QED) is 0.866. The fraction of sp³-hybridized carbons (Fsp3) is 0.400. The monoisotopic (exact) mass is 290 g/mol. The van der Waals surface area contributed by atoms with E-state index in [0.29, 0.717) is 6.04 Å². The number of thiazole rings is 1. The van der Waals surface area contributed by atoms with Crippen molar-refractivity contribution in [1.82, 2.24) is 10.3 Å². The molecule has 0 saturated carbocycles. The predicted octanol–water partition coefficient (Wildman–Crippen LogP) is 3.83. The summed E-state index contributed by atoms with van der Waals surface area (Å²) in [4.78, 5) is 6.07. The van der Waals surface area contributed by atoms with Crippen LogP contribution in [0.1, 0.15) is 18.5 Å². The van der Waals surface area contributed by atoms with E-state index in [9.17, 15) is 0 Å². The first-order valence-corrected chi connectivity index (χ1v) is 8.78. The van der Waals surface area contributed by atoms with E-state index in [1.165, 1.54) is 29.0 Å². The second-order valence-electron chi connectivity index (χ2n) is 4.87. The van der Waals surface area contributed by atoms with Crippen LogP contribution in [0.4, 0.5) is 0 Å². The molecular formula is C15H18N2S2. The van der Waals surface area contributed by atoms with Gasteiger partial charge in [-0.15, -0.1) is 23.1 Å². The second kappa shape index (κ2) is 6.07. The summed E-state index contributed by atoms with van der Waals surface area (Å²) in [6, 6.07) is 9.30. The molecule has 1 aliphatic heterocycles. The summed E-state index contributed by atoms with van der Waals surface area (Å²) < 4.78 is 0. The first-order chi connectivity index (χ1) is 9.35. The molecule has 3 rings (SSSR count). The van der Waals surface area contributed by atoms with Crippen LogP contribution in [0.3, 0.4) is 0 Å². The molecule has 1 fully saturated rings. The molecule has 1 atom stereocenters. The van der Waals surface area contributed by atoms with Crippen molar-refractivity contribution in [3.05, 3.63) is 35.3 Å². The van der Waals surface area contributed by atoms with Crippen LogP contribution in [-0.4, -0.2) is 23.8 Å². The minimum Gasteiger partial charge on any atom is -0.314 e. The molecule has 1 saturated heterocycles. The van der Waals surface area contributed by atoms with Crippen molar-refractivity contribution in [3.8, 4) is 10.6 Å². The highest BCUT2D eigenvalue weighted by Gasteiger charge is 2.16. The lowest BCUT2D eigenvalue weighted by atomic mass is 10.1. The van der Waals surface area contributed by atoms with Crippen molar-refractivity contribution in [3.63, 3.8) is 0 Å². The maximum absolute atomic E-state index is 4.77. The first kappa shape index (κ1) is 13.2. The minimum atomic E-state index is 0.633. The van der Waals surface area contributed by atoms with Gasteiger partial charge in [-0.2, -0.15) is 0 Å². The molecule has 0 spiro atoms. The Labute approximate surface area is 122 Å². The average molecular weight is 290 g/mol. The molecule has 0 bridgehead atoms. The molecular weight excluding hydrogens is 272 g/mol. The van der Waals surface area contributed by atoms with Gasteiger partial charge >= 0.3 is 0 Å². The van der Waals surface area contributed by atoms with Gasteiger partial charge in [0.15, 0.2) is 0 Å². The predicted molar refractivity (Wildman–Crippen MR) is 84.1 cm³/mol. The SMILES string of the molecule is CSc1ccc(-c2nc(CC3CCCN3)cs2)cc1. The highest BCUT2D eigenvalue weighted by Crippen LogP contribution is 2.26. The molecule has 2 heterocycles. The molecule has 0 aliphatic carbocycles. The van der Waals surface area contributed by atoms with Gasteiger partial charge in [0.05, 0.1) is 5.69 Å². The number of thioether (sulfide) groups is 1. The van der Waals surface area contributed by atoms with Crippen molar-refractivity contribution in [1.29, 1.82) is 0 Å². The molecule has 2 nitrogen and oxygen atoms in total. The van der Waals surface area contributed by atoms with E-state index in [0.717, 1.165) is 18.0 Å². The molecule has 1 N–H and O–H groups in total. The van der Waals surface area contributed by atoms with Crippen molar-refractivity contribution in [2.45, 2.75) is 30.2 Å². The Kier molecular flexibility index (Phi) is 4.21. The second-order valence-corrected chi connectivity index (χ2v) is 6.61. The standard InChI is InChI=1S/C15H18N2S2/c1-18-14-6-4-11(5-7-14)15-17-13(10-19-15)9-12-3-2-8-16-12/h4-7,10,12,16H,2-3,8-9H2,1H3. The maximum Gasteiger partial charge on any atom is 0.123 e. The minimum absolute atomic E-state index is 0.633. The van der Waals surface area contributed by atoms with Gasteiger partial charge in [0.25, 0.3) is 0 Å². The van der Waals surface area contributed by atoms with Crippen LogP contribution >= 0.6 is 23.1 Å². The number of aromatic nitrogens is 1. The normalized spacial score (nSPS) is 18.9. The Morgan fingerprint density at radius 1 is 1.37 bits per heavy atom. The number of nitrogens with zero attached hydrogens (tertiary/aromatic N) is 1. The van der Waals surface area contributed by atoms with Gasteiger partial charge in [-0.3, -0.25) is 0 Å². The molecule has 0 radical (unpaired) electrons. The molecule has 4 heteroatoms. The van der Waals surface area contributed by atoms with Gasteiger partial charge in [-0.1, -0.05) is 12.1 Å². The largest absolute Gasteiger partial charge is 0.314 e. The van der Waals surface area contributed by atoms with Crippen LogP contribution < -0.4 is 5.32 Å². The fourth-order valence-electron chi connectivity index (χ4n) is 2.45. The lowest BCUT2D eigenvalue weighted by Crippen LogP contribution is -2.23. The Balaban J connectivity index is 1.72. The third-order valence-corrected chi connectivity index (χ3v) is 5.19. The third kappa shape index (κ3) is 3.19. The average Bonchev–Trinajstić information content (AvgIpc) is 3.11. The molecule has 19 heavy (non-hydrogen) atoms. The molecule has 0 amide bonds. The summed E-state index contributed by atoms with van der Waals surface area (Å²) in [6.07, 6.45) is 5.76. The highest BCUT2D eigenvalue weighted by atomic mass is 32.2. The third-order valence-electron chi connectivity index (χ3n) is 3.51. The van der Waals surface area contributed by atoms with E-state index in [4.69, 9.17) is 4.98 Å². The summed E-state index contributed by atoms with van der Waals surface area (Å²) in [5.41, 5.74) is 2.46. The van der Waals surface area contributed by atoms with Crippen molar-refractivity contribution < 1.29 is 0 Å². The Hall–Kier alpha value is -0.840. The van der Waals surface area contributed by atoms with Gasteiger partial charge in [-0.05, 0) is 37.8 Å². The zero-order chi connectivity index (χ0) is 13.1. The van der Waals surface area contributed by atoms with Gasteiger partial charge < -0.3 is 5.32 Å². The molecule has 1 aliphatic rings. The zero-order valence-electron chi connectivity index (χ0n) is 11.1. The zero-order valence-corrected chi connectivity index (χ0v) is 12.7. The van der Waals surface area contributed by atoms with E-state index < -0.39 is 0 Å². The maximum atomic E-state index is 4.77. The van der Waals surface area contributed by atoms with Crippen LogP contribution in [0.15, 0.2) is 34.5 Å². The lowest BCUT2D eigenvalue weighted by Gasteiger charge is -2.06. The van der Waals surface area contributed by atoms with E-state index >= 15 is 0 Å². The first-order valence-electron chi connectivity index (χ1n) is 6.67. The van der Waals surface area contributed by atoms with E-state index in [2.05, 4.69) is 41.2 Å². The highest BCUT2D eigenvalue weighted by molar-refractivity contribution is 7.98. The summed E-state index contributed by atoms with van der Waals surface area (Å²) in [7, 11) is 0. The van der Waals surface area contributed by atoms with Crippen LogP contribution in [0.2, 0.25) is 0 Å². The Morgan fingerprint density at radius 2 is 2.21 bits per heavy atom. The summed E-state index contributed by atoms with van der Waals surface area (Å²) >= 11 is 3.53. The number of hydrogen-bond acceptors (Lipinski definition) is 4. The lowest BCUT2D eigenvalue weighted by molar-refractivity contribution is 0.597. The summed E-state index contributed by atoms with van der Waals surface area (Å²) in [5, 5.41) is 6.88. The van der Waals surface area contributed by atoms with Crippen LogP contribution in [0, 0.1) is 0 Å². The molecule has 2 aromatic rings.